The zero-order valence-electron chi connectivity index (χ0n) is 13.3. The van der Waals surface area contributed by atoms with Crippen molar-refractivity contribution in [2.45, 2.75) is 69.5 Å². The van der Waals surface area contributed by atoms with E-state index in [1.165, 1.54) is 5.56 Å². The number of hydrogen-bond acceptors (Lipinski definition) is 3. The van der Waals surface area contributed by atoms with Crippen LogP contribution in [0.1, 0.15) is 62.8 Å². The molecule has 3 nitrogen and oxygen atoms in total. The van der Waals surface area contributed by atoms with Crippen LogP contribution in [0.5, 0.6) is 5.75 Å². The van der Waals surface area contributed by atoms with Crippen molar-refractivity contribution >= 4 is 0 Å². The van der Waals surface area contributed by atoms with E-state index in [9.17, 15) is 10.2 Å². The topological polar surface area (TPSA) is 49.7 Å². The molecule has 2 fully saturated rings. The summed E-state index contributed by atoms with van der Waals surface area (Å²) < 4.78 is 5.92. The molecule has 2 N–H and O–H groups in total. The highest BCUT2D eigenvalue weighted by Gasteiger charge is 2.21. The lowest BCUT2D eigenvalue weighted by molar-refractivity contribution is 0.0917. The molecular formula is C19H28O3. The van der Waals surface area contributed by atoms with Gasteiger partial charge in [0.15, 0.2) is 0 Å². The van der Waals surface area contributed by atoms with Crippen molar-refractivity contribution in [2.24, 2.45) is 5.92 Å². The van der Waals surface area contributed by atoms with E-state index < -0.39 is 0 Å². The van der Waals surface area contributed by atoms with Crippen LogP contribution in [0.4, 0.5) is 0 Å². The van der Waals surface area contributed by atoms with Crippen LogP contribution in [0.25, 0.3) is 0 Å². The van der Waals surface area contributed by atoms with Gasteiger partial charge in [-0.3, -0.25) is 0 Å². The van der Waals surface area contributed by atoms with Crippen LogP contribution in [-0.2, 0) is 0 Å². The summed E-state index contributed by atoms with van der Waals surface area (Å²) in [4.78, 5) is 0. The largest absolute Gasteiger partial charge is 0.493 e. The highest BCUT2D eigenvalue weighted by atomic mass is 16.5. The number of ether oxygens (including phenoxy) is 1. The van der Waals surface area contributed by atoms with Gasteiger partial charge < -0.3 is 14.9 Å². The van der Waals surface area contributed by atoms with Crippen LogP contribution >= 0.6 is 0 Å². The average molecular weight is 304 g/mol. The predicted octanol–water partition coefficient (Wildman–Crippen LogP) is 3.64. The SMILES string of the molecule is OC1CCC(c2ccc(OC[C@H]3CC[C@H](O)CC3)cc2)CC1. The van der Waals surface area contributed by atoms with Gasteiger partial charge in [0.1, 0.15) is 5.75 Å². The zero-order valence-corrected chi connectivity index (χ0v) is 13.3. The Bertz CT molecular complexity index is 440. The highest BCUT2D eigenvalue weighted by Crippen LogP contribution is 2.33. The third-order valence-electron chi connectivity index (χ3n) is 5.35. The van der Waals surface area contributed by atoms with Gasteiger partial charge in [0, 0.05) is 0 Å². The summed E-state index contributed by atoms with van der Waals surface area (Å²) >= 11 is 0. The summed E-state index contributed by atoms with van der Waals surface area (Å²) in [6, 6.07) is 8.53. The third kappa shape index (κ3) is 4.23. The fourth-order valence-corrected chi connectivity index (χ4v) is 3.77. The Labute approximate surface area is 133 Å². The van der Waals surface area contributed by atoms with E-state index >= 15 is 0 Å². The Morgan fingerprint density at radius 2 is 1.32 bits per heavy atom. The van der Waals surface area contributed by atoms with Crippen molar-refractivity contribution in [2.75, 3.05) is 6.61 Å². The molecule has 0 aliphatic heterocycles. The maximum absolute atomic E-state index is 9.59. The molecule has 0 saturated heterocycles. The standard InChI is InChI=1S/C19H28O3/c20-17-7-1-14(2-8-17)13-22-19-11-5-16(6-12-19)15-3-9-18(21)10-4-15/h5-6,11-12,14-15,17-18,20-21H,1-4,7-10,13H2/t14-,15?,17-,18?. The minimum Gasteiger partial charge on any atom is -0.493 e. The summed E-state index contributed by atoms with van der Waals surface area (Å²) in [5.41, 5.74) is 1.38. The fraction of sp³-hybridized carbons (Fsp3) is 0.684. The van der Waals surface area contributed by atoms with E-state index in [4.69, 9.17) is 4.74 Å². The molecule has 2 aliphatic carbocycles. The van der Waals surface area contributed by atoms with Crippen LogP contribution in [-0.4, -0.2) is 29.0 Å². The fourth-order valence-electron chi connectivity index (χ4n) is 3.77. The summed E-state index contributed by atoms with van der Waals surface area (Å²) in [7, 11) is 0. The van der Waals surface area contributed by atoms with E-state index in [0.29, 0.717) is 11.8 Å². The first kappa shape index (κ1) is 15.8. The van der Waals surface area contributed by atoms with Crippen molar-refractivity contribution < 1.29 is 14.9 Å². The molecule has 1 aromatic rings. The quantitative estimate of drug-likeness (QED) is 0.893. The Morgan fingerprint density at radius 1 is 0.773 bits per heavy atom. The Hall–Kier alpha value is -1.06. The number of aliphatic hydroxyl groups excluding tert-OH is 2. The van der Waals surface area contributed by atoms with E-state index in [-0.39, 0.29) is 12.2 Å². The van der Waals surface area contributed by atoms with Crippen LogP contribution in [0.15, 0.2) is 24.3 Å². The minimum atomic E-state index is -0.0930. The molecule has 122 valence electrons. The summed E-state index contributed by atoms with van der Waals surface area (Å²) in [5.74, 6) is 2.13. The Morgan fingerprint density at radius 3 is 1.91 bits per heavy atom. The van der Waals surface area contributed by atoms with Gasteiger partial charge >= 0.3 is 0 Å². The van der Waals surface area contributed by atoms with Crippen LogP contribution < -0.4 is 4.74 Å². The van der Waals surface area contributed by atoms with Gasteiger partial charge in [-0.05, 0) is 80.9 Å². The van der Waals surface area contributed by atoms with E-state index in [0.717, 1.165) is 63.7 Å². The van der Waals surface area contributed by atoms with Crippen molar-refractivity contribution in [3.05, 3.63) is 29.8 Å². The van der Waals surface area contributed by atoms with Gasteiger partial charge in [0.25, 0.3) is 0 Å². The maximum atomic E-state index is 9.59. The van der Waals surface area contributed by atoms with Crippen LogP contribution in [0.3, 0.4) is 0 Å². The maximum Gasteiger partial charge on any atom is 0.119 e. The number of rotatable bonds is 4. The molecular weight excluding hydrogens is 276 g/mol. The number of aliphatic hydroxyl groups is 2. The summed E-state index contributed by atoms with van der Waals surface area (Å²) in [6.45, 7) is 0.766. The van der Waals surface area contributed by atoms with Gasteiger partial charge in [-0.2, -0.15) is 0 Å². The lowest BCUT2D eigenvalue weighted by Gasteiger charge is -2.26. The second-order valence-corrected chi connectivity index (χ2v) is 7.06. The monoisotopic (exact) mass is 304 g/mol. The van der Waals surface area contributed by atoms with Crippen LogP contribution in [0, 0.1) is 5.92 Å². The molecule has 0 heterocycles. The number of hydrogen-bond donors (Lipinski definition) is 2. The lowest BCUT2D eigenvalue weighted by Crippen LogP contribution is -2.22. The van der Waals surface area contributed by atoms with Crippen LogP contribution in [0.2, 0.25) is 0 Å². The van der Waals surface area contributed by atoms with Crippen molar-refractivity contribution in [1.82, 2.24) is 0 Å². The van der Waals surface area contributed by atoms with Crippen molar-refractivity contribution in [3.8, 4) is 5.75 Å². The molecule has 1 aromatic carbocycles. The molecule has 3 rings (SSSR count). The molecule has 0 spiro atoms. The molecule has 0 amide bonds. The van der Waals surface area contributed by atoms with E-state index in [2.05, 4.69) is 24.3 Å². The van der Waals surface area contributed by atoms with Gasteiger partial charge in [0.05, 0.1) is 18.8 Å². The smallest absolute Gasteiger partial charge is 0.119 e. The molecule has 3 heteroatoms. The number of benzene rings is 1. The van der Waals surface area contributed by atoms with Gasteiger partial charge in [-0.15, -0.1) is 0 Å². The molecule has 0 bridgehead atoms. The molecule has 0 unspecified atom stereocenters. The first-order chi connectivity index (χ1) is 10.7. The first-order valence-electron chi connectivity index (χ1n) is 8.79. The third-order valence-corrected chi connectivity index (χ3v) is 5.35. The van der Waals surface area contributed by atoms with Crippen molar-refractivity contribution in [3.63, 3.8) is 0 Å². The van der Waals surface area contributed by atoms with E-state index in [1.807, 2.05) is 0 Å². The molecule has 2 aliphatic rings. The Balaban J connectivity index is 1.47. The summed E-state index contributed by atoms with van der Waals surface area (Å²) in [6.07, 6.45) is 7.83. The van der Waals surface area contributed by atoms with Gasteiger partial charge in [0.2, 0.25) is 0 Å². The summed E-state index contributed by atoms with van der Waals surface area (Å²) in [5, 5.41) is 19.1. The average Bonchev–Trinajstić information content (AvgIpc) is 2.56. The molecule has 22 heavy (non-hydrogen) atoms. The molecule has 0 aromatic heterocycles. The molecule has 0 radical (unpaired) electrons. The second kappa shape index (κ2) is 7.47. The molecule has 2 saturated carbocycles. The minimum absolute atomic E-state index is 0.0899. The lowest BCUT2D eigenvalue weighted by atomic mass is 9.83. The van der Waals surface area contributed by atoms with Gasteiger partial charge in [-0.25, -0.2) is 0 Å². The van der Waals surface area contributed by atoms with Crippen molar-refractivity contribution in [1.29, 1.82) is 0 Å². The van der Waals surface area contributed by atoms with Gasteiger partial charge in [-0.1, -0.05) is 12.1 Å². The second-order valence-electron chi connectivity index (χ2n) is 7.06. The zero-order chi connectivity index (χ0) is 15.4. The highest BCUT2D eigenvalue weighted by molar-refractivity contribution is 5.29. The predicted molar refractivity (Wildman–Crippen MR) is 87.1 cm³/mol. The normalized spacial score (nSPS) is 32.6. The van der Waals surface area contributed by atoms with E-state index in [1.54, 1.807) is 0 Å². The first-order valence-corrected chi connectivity index (χ1v) is 8.79. The Kier molecular flexibility index (Phi) is 5.37. The molecule has 0 atom stereocenters.